The second-order valence-electron chi connectivity index (χ2n) is 17.3. The summed E-state index contributed by atoms with van der Waals surface area (Å²) in [7, 11) is 0. The number of hydrogen-bond donors (Lipinski definition) is 2. The molecule has 0 saturated carbocycles. The molecule has 2 aromatic rings. The SMILES string of the molecule is CCCCCCCCCCCCCCCCCCNc1cc[n+](C(Br)CCCC(Br)[n+]2ccc(NCCCCCCCCCCCCCCCCCC)cc2)cc1. The molecule has 0 aliphatic carbocycles. The van der Waals surface area contributed by atoms with Crippen molar-refractivity contribution < 1.29 is 9.13 Å². The predicted octanol–water partition coefficient (Wildman–Crippen LogP) is 17.3. The van der Waals surface area contributed by atoms with Crippen LogP contribution < -0.4 is 19.8 Å². The fraction of sp³-hybridized carbons (Fsp3) is 0.804. The van der Waals surface area contributed by atoms with E-state index in [1.807, 2.05) is 0 Å². The Labute approximate surface area is 371 Å². The highest BCUT2D eigenvalue weighted by Crippen LogP contribution is 2.22. The number of hydrogen-bond acceptors (Lipinski definition) is 2. The molecule has 6 heteroatoms. The molecule has 57 heavy (non-hydrogen) atoms. The Bertz CT molecular complexity index is 1020. The first-order valence-corrected chi connectivity index (χ1v) is 26.7. The van der Waals surface area contributed by atoms with Gasteiger partial charge in [0.15, 0.2) is 24.8 Å². The number of nitrogens with zero attached hydrogens (tertiary/aromatic N) is 2. The van der Waals surface area contributed by atoms with E-state index in [0.717, 1.165) is 32.4 Å². The molecule has 328 valence electrons. The van der Waals surface area contributed by atoms with Gasteiger partial charge in [-0.1, -0.05) is 206 Å². The Balaban J connectivity index is 1.40. The molecule has 2 heterocycles. The minimum atomic E-state index is 0.313. The normalized spacial score (nSPS) is 12.6. The van der Waals surface area contributed by atoms with Gasteiger partial charge in [0.05, 0.1) is 0 Å². The molecule has 0 fully saturated rings. The third-order valence-corrected chi connectivity index (χ3v) is 13.8. The van der Waals surface area contributed by atoms with E-state index in [4.69, 9.17) is 0 Å². The molecule has 2 atom stereocenters. The van der Waals surface area contributed by atoms with Crippen molar-refractivity contribution in [3.63, 3.8) is 0 Å². The highest BCUT2D eigenvalue weighted by atomic mass is 79.9. The third kappa shape index (κ3) is 30.5. The fourth-order valence-corrected chi connectivity index (χ4v) is 9.24. The van der Waals surface area contributed by atoms with E-state index in [0.29, 0.717) is 9.90 Å². The smallest absolute Gasteiger partial charge is 0.212 e. The van der Waals surface area contributed by atoms with Crippen molar-refractivity contribution in [1.29, 1.82) is 0 Å². The van der Waals surface area contributed by atoms with Crippen molar-refractivity contribution in [3.05, 3.63) is 49.1 Å². The lowest BCUT2D eigenvalue weighted by Gasteiger charge is -2.10. The van der Waals surface area contributed by atoms with Crippen LogP contribution in [0.2, 0.25) is 0 Å². The lowest BCUT2D eigenvalue weighted by molar-refractivity contribution is -0.701. The molecule has 0 radical (unpaired) electrons. The largest absolute Gasteiger partial charge is 0.385 e. The quantitative estimate of drug-likeness (QED) is 0.0395. The van der Waals surface area contributed by atoms with E-state index in [-0.39, 0.29) is 0 Å². The van der Waals surface area contributed by atoms with Gasteiger partial charge < -0.3 is 10.6 Å². The van der Waals surface area contributed by atoms with Crippen molar-refractivity contribution >= 4 is 43.2 Å². The number of alkyl halides is 2. The van der Waals surface area contributed by atoms with Gasteiger partial charge in [0, 0.05) is 61.6 Å². The molecular formula is C51H92Br2N4+2. The summed E-state index contributed by atoms with van der Waals surface area (Å²) < 4.78 is 4.58. The van der Waals surface area contributed by atoms with E-state index < -0.39 is 0 Å². The van der Waals surface area contributed by atoms with Crippen molar-refractivity contribution in [1.82, 2.24) is 0 Å². The van der Waals surface area contributed by atoms with Crippen LogP contribution in [0.3, 0.4) is 0 Å². The average molecular weight is 921 g/mol. The summed E-state index contributed by atoms with van der Waals surface area (Å²) in [5, 5.41) is 7.27. The van der Waals surface area contributed by atoms with Crippen LogP contribution in [-0.2, 0) is 0 Å². The summed E-state index contributed by atoms with van der Waals surface area (Å²) in [6.07, 6.45) is 57.6. The Hall–Kier alpha value is -1.14. The Morgan fingerprint density at radius 3 is 0.825 bits per heavy atom. The zero-order valence-electron chi connectivity index (χ0n) is 37.6. The van der Waals surface area contributed by atoms with Gasteiger partial charge in [0.2, 0.25) is 9.90 Å². The zero-order valence-corrected chi connectivity index (χ0v) is 40.8. The zero-order chi connectivity index (χ0) is 40.7. The minimum absolute atomic E-state index is 0.313. The molecular weight excluding hydrogens is 828 g/mol. The van der Waals surface area contributed by atoms with Crippen LogP contribution in [0.25, 0.3) is 0 Å². The first-order valence-electron chi connectivity index (χ1n) is 24.9. The summed E-state index contributed by atoms with van der Waals surface area (Å²) in [6.45, 7) is 6.74. The molecule has 0 bridgehead atoms. The predicted molar refractivity (Wildman–Crippen MR) is 259 cm³/mol. The van der Waals surface area contributed by atoms with Crippen LogP contribution in [0.15, 0.2) is 49.1 Å². The van der Waals surface area contributed by atoms with Gasteiger partial charge >= 0.3 is 0 Å². The molecule has 0 aliphatic rings. The maximum absolute atomic E-state index is 3.94. The lowest BCUT2D eigenvalue weighted by Crippen LogP contribution is -2.36. The fourth-order valence-electron chi connectivity index (χ4n) is 8.05. The number of pyridine rings is 2. The summed E-state index contributed by atoms with van der Waals surface area (Å²) in [6, 6.07) is 8.89. The molecule has 4 nitrogen and oxygen atoms in total. The van der Waals surface area contributed by atoms with Gasteiger partial charge in [-0.3, -0.25) is 0 Å². The van der Waals surface area contributed by atoms with Crippen LogP contribution in [0.5, 0.6) is 0 Å². The summed E-state index contributed by atoms with van der Waals surface area (Å²) >= 11 is 7.87. The first-order chi connectivity index (χ1) is 28.1. The van der Waals surface area contributed by atoms with E-state index in [1.54, 1.807) is 0 Å². The van der Waals surface area contributed by atoms with E-state index in [2.05, 4.69) is 115 Å². The maximum atomic E-state index is 3.94. The highest BCUT2D eigenvalue weighted by Gasteiger charge is 2.18. The molecule has 2 unspecified atom stereocenters. The van der Waals surface area contributed by atoms with Crippen LogP contribution in [0, 0.1) is 0 Å². The van der Waals surface area contributed by atoms with E-state index in [9.17, 15) is 0 Å². The second kappa shape index (κ2) is 39.0. The van der Waals surface area contributed by atoms with Crippen LogP contribution >= 0.6 is 31.9 Å². The van der Waals surface area contributed by atoms with Gasteiger partial charge in [-0.2, -0.15) is 9.13 Å². The standard InChI is InChI=1S/C51H90Br2N4/c1-3-5-7-9-11-13-15-17-19-21-23-25-27-29-31-33-42-54-48-38-44-56(45-39-48)50(52)36-35-37-51(53)57-46-40-49(41-47-57)55-43-34-32-30-28-26-24-22-20-18-16-14-12-10-8-6-4-2/h38-41,44-47,50-51H,3-37,42-43H2,1-2H3/p+2. The Morgan fingerprint density at radius 1 is 0.351 bits per heavy atom. The highest BCUT2D eigenvalue weighted by molar-refractivity contribution is 9.09. The Kier molecular flexibility index (Phi) is 35.6. The van der Waals surface area contributed by atoms with Crippen LogP contribution in [0.4, 0.5) is 11.4 Å². The summed E-state index contributed by atoms with van der Waals surface area (Å²) in [4.78, 5) is 0.625. The van der Waals surface area contributed by atoms with Crippen molar-refractivity contribution in [2.75, 3.05) is 23.7 Å². The van der Waals surface area contributed by atoms with Crippen molar-refractivity contribution in [2.24, 2.45) is 0 Å². The Morgan fingerprint density at radius 2 is 0.579 bits per heavy atom. The molecule has 2 aromatic heterocycles. The van der Waals surface area contributed by atoms with Crippen molar-refractivity contribution in [3.8, 4) is 0 Å². The number of nitrogens with one attached hydrogen (secondary N) is 2. The molecule has 0 aliphatic heterocycles. The monoisotopic (exact) mass is 919 g/mol. The van der Waals surface area contributed by atoms with E-state index >= 15 is 0 Å². The maximum Gasteiger partial charge on any atom is 0.212 e. The molecule has 2 rings (SSSR count). The van der Waals surface area contributed by atoms with Gasteiger partial charge in [-0.15, -0.1) is 0 Å². The number of halogens is 2. The minimum Gasteiger partial charge on any atom is -0.385 e. The number of rotatable bonds is 42. The molecule has 0 aromatic carbocycles. The van der Waals surface area contributed by atoms with Crippen LogP contribution in [-0.4, -0.2) is 13.1 Å². The first kappa shape index (κ1) is 52.0. The molecule has 0 saturated heterocycles. The molecule has 2 N–H and O–H groups in total. The van der Waals surface area contributed by atoms with Gasteiger partial charge in [0.25, 0.3) is 0 Å². The summed E-state index contributed by atoms with van der Waals surface area (Å²) in [5.41, 5.74) is 2.46. The number of unbranched alkanes of at least 4 members (excludes halogenated alkanes) is 30. The summed E-state index contributed by atoms with van der Waals surface area (Å²) in [5.74, 6) is 0. The third-order valence-electron chi connectivity index (χ3n) is 12.0. The lowest BCUT2D eigenvalue weighted by atomic mass is 10.0. The van der Waals surface area contributed by atoms with Crippen LogP contribution in [0.1, 0.15) is 248 Å². The molecule has 0 amide bonds. The average Bonchev–Trinajstić information content (AvgIpc) is 3.23. The number of anilines is 2. The second-order valence-corrected chi connectivity index (χ2v) is 19.4. The van der Waals surface area contributed by atoms with E-state index in [1.165, 1.54) is 217 Å². The van der Waals surface area contributed by atoms with Crippen molar-refractivity contribution in [2.45, 2.75) is 248 Å². The topological polar surface area (TPSA) is 31.8 Å². The number of aromatic nitrogens is 2. The van der Waals surface area contributed by atoms with Gasteiger partial charge in [-0.25, -0.2) is 0 Å². The van der Waals surface area contributed by atoms with Gasteiger partial charge in [0.1, 0.15) is 0 Å². The molecule has 0 spiro atoms. The van der Waals surface area contributed by atoms with Gasteiger partial charge in [-0.05, 0) is 51.1 Å².